The molecule has 2 fully saturated rings. The summed E-state index contributed by atoms with van der Waals surface area (Å²) in [5.41, 5.74) is 0.700. The summed E-state index contributed by atoms with van der Waals surface area (Å²) < 4.78 is 1.71. The van der Waals surface area contributed by atoms with Crippen LogP contribution in [-0.4, -0.2) is 51.0 Å². The number of rotatable bonds is 5. The molecule has 0 bridgehead atoms. The number of nitrogens with zero attached hydrogens (tertiary/aromatic N) is 4. The van der Waals surface area contributed by atoms with Gasteiger partial charge >= 0.3 is 0 Å². The zero-order valence-corrected chi connectivity index (χ0v) is 20.2. The predicted octanol–water partition coefficient (Wildman–Crippen LogP) is 2.55. The Morgan fingerprint density at radius 2 is 2.06 bits per heavy atom. The largest absolute Gasteiger partial charge is 0.340 e. The van der Waals surface area contributed by atoms with E-state index in [0.29, 0.717) is 17.9 Å². The SMILES string of the molecule is CC(C)(C)n1cc(C(=O)N[C@@H](CC2CC2)C(=O)N2C[C@]3(C[C@H]2C#N)C(=O)Nc2ccccc23)cn1. The van der Waals surface area contributed by atoms with Crippen molar-refractivity contribution >= 4 is 23.4 Å². The molecule has 1 spiro atoms. The summed E-state index contributed by atoms with van der Waals surface area (Å²) in [6.07, 6.45) is 5.97. The molecule has 1 saturated carbocycles. The van der Waals surface area contributed by atoms with E-state index in [1.807, 2.05) is 45.0 Å². The third kappa shape index (κ3) is 4.07. The number of fused-ring (bicyclic) bond motifs is 2. The van der Waals surface area contributed by atoms with E-state index in [4.69, 9.17) is 0 Å². The van der Waals surface area contributed by atoms with Gasteiger partial charge in [-0.3, -0.25) is 19.1 Å². The molecule has 1 aliphatic carbocycles. The molecule has 1 aromatic heterocycles. The number of carbonyl (C=O) groups is 3. The molecule has 3 heterocycles. The van der Waals surface area contributed by atoms with Crippen molar-refractivity contribution in [2.75, 3.05) is 11.9 Å². The molecule has 9 nitrogen and oxygen atoms in total. The molecule has 3 atom stereocenters. The highest BCUT2D eigenvalue weighted by atomic mass is 16.2. The molecule has 3 aliphatic rings. The van der Waals surface area contributed by atoms with E-state index >= 15 is 0 Å². The number of amides is 3. The number of para-hydroxylation sites is 1. The average molecular weight is 475 g/mol. The van der Waals surface area contributed by atoms with Gasteiger partial charge in [0, 0.05) is 24.8 Å². The van der Waals surface area contributed by atoms with Gasteiger partial charge in [-0.25, -0.2) is 0 Å². The van der Waals surface area contributed by atoms with E-state index in [0.717, 1.165) is 24.1 Å². The van der Waals surface area contributed by atoms with Crippen LogP contribution in [0, 0.1) is 17.2 Å². The number of hydrogen-bond acceptors (Lipinski definition) is 5. The second-order valence-corrected chi connectivity index (χ2v) is 10.9. The number of hydrogen-bond donors (Lipinski definition) is 2. The smallest absolute Gasteiger partial charge is 0.255 e. The summed E-state index contributed by atoms with van der Waals surface area (Å²) in [5.74, 6) is -0.499. The maximum Gasteiger partial charge on any atom is 0.255 e. The van der Waals surface area contributed by atoms with E-state index in [1.54, 1.807) is 10.9 Å². The Morgan fingerprint density at radius 1 is 1.31 bits per heavy atom. The molecule has 1 saturated heterocycles. The maximum absolute atomic E-state index is 13.8. The van der Waals surface area contributed by atoms with Crippen LogP contribution in [0.25, 0.3) is 0 Å². The van der Waals surface area contributed by atoms with Crippen LogP contribution in [0.15, 0.2) is 36.7 Å². The van der Waals surface area contributed by atoms with Gasteiger partial charge in [0.1, 0.15) is 12.1 Å². The average Bonchev–Trinajstić information content (AvgIpc) is 3.24. The van der Waals surface area contributed by atoms with Gasteiger partial charge in [-0.1, -0.05) is 31.0 Å². The highest BCUT2D eigenvalue weighted by Crippen LogP contribution is 2.46. The van der Waals surface area contributed by atoms with Crippen LogP contribution in [0.5, 0.6) is 0 Å². The van der Waals surface area contributed by atoms with Crippen molar-refractivity contribution in [3.05, 3.63) is 47.8 Å². The first-order chi connectivity index (χ1) is 16.6. The Bertz CT molecular complexity index is 1230. The first-order valence-electron chi connectivity index (χ1n) is 12.1. The molecule has 5 rings (SSSR count). The Morgan fingerprint density at radius 3 is 2.71 bits per heavy atom. The van der Waals surface area contributed by atoms with Gasteiger partial charge in [-0.15, -0.1) is 0 Å². The Labute approximate surface area is 204 Å². The molecule has 0 unspecified atom stereocenters. The van der Waals surface area contributed by atoms with Crippen molar-refractivity contribution in [1.29, 1.82) is 5.26 Å². The van der Waals surface area contributed by atoms with Crippen molar-refractivity contribution in [1.82, 2.24) is 20.0 Å². The van der Waals surface area contributed by atoms with Crippen molar-refractivity contribution in [3.8, 4) is 6.07 Å². The van der Waals surface area contributed by atoms with Crippen LogP contribution >= 0.6 is 0 Å². The number of aromatic nitrogens is 2. The molecule has 1 aromatic carbocycles. The lowest BCUT2D eigenvalue weighted by molar-refractivity contribution is -0.133. The van der Waals surface area contributed by atoms with Gasteiger partial charge in [0.05, 0.1) is 28.8 Å². The number of nitriles is 1. The van der Waals surface area contributed by atoms with Crippen molar-refractivity contribution in [3.63, 3.8) is 0 Å². The minimum absolute atomic E-state index is 0.117. The van der Waals surface area contributed by atoms with E-state index in [2.05, 4.69) is 21.8 Å². The summed E-state index contributed by atoms with van der Waals surface area (Å²) in [5, 5.41) is 20.0. The quantitative estimate of drug-likeness (QED) is 0.690. The molecule has 2 aromatic rings. The van der Waals surface area contributed by atoms with Crippen LogP contribution in [-0.2, 0) is 20.5 Å². The first kappa shape index (κ1) is 23.1. The van der Waals surface area contributed by atoms with E-state index in [-0.39, 0.29) is 36.2 Å². The van der Waals surface area contributed by atoms with Gasteiger partial charge in [-0.05, 0) is 44.7 Å². The number of nitrogens with one attached hydrogen (secondary N) is 2. The first-order valence-corrected chi connectivity index (χ1v) is 12.1. The molecule has 0 radical (unpaired) electrons. The lowest BCUT2D eigenvalue weighted by Crippen LogP contribution is -2.51. The second-order valence-electron chi connectivity index (χ2n) is 10.9. The summed E-state index contributed by atoms with van der Waals surface area (Å²) in [7, 11) is 0. The van der Waals surface area contributed by atoms with Crippen LogP contribution in [0.4, 0.5) is 5.69 Å². The van der Waals surface area contributed by atoms with Crippen LogP contribution in [0.1, 0.15) is 62.4 Å². The highest BCUT2D eigenvalue weighted by molar-refractivity contribution is 6.07. The van der Waals surface area contributed by atoms with Gasteiger partial charge in [-0.2, -0.15) is 10.4 Å². The second kappa shape index (κ2) is 8.22. The van der Waals surface area contributed by atoms with Crippen molar-refractivity contribution < 1.29 is 14.4 Å². The van der Waals surface area contributed by atoms with Crippen LogP contribution < -0.4 is 10.6 Å². The maximum atomic E-state index is 13.8. The monoisotopic (exact) mass is 474 g/mol. The number of likely N-dealkylation sites (tertiary alicyclic amines) is 1. The number of carbonyl (C=O) groups excluding carboxylic acids is 3. The molecule has 2 N–H and O–H groups in total. The van der Waals surface area contributed by atoms with Gasteiger partial charge in [0.15, 0.2) is 0 Å². The molecule has 9 heteroatoms. The Kier molecular flexibility index (Phi) is 5.42. The van der Waals surface area contributed by atoms with Gasteiger partial charge in [0.25, 0.3) is 5.91 Å². The third-order valence-electron chi connectivity index (χ3n) is 7.32. The van der Waals surface area contributed by atoms with Crippen LogP contribution in [0.2, 0.25) is 0 Å². The fraction of sp³-hybridized carbons (Fsp3) is 0.500. The normalized spacial score (nSPS) is 24.1. The van der Waals surface area contributed by atoms with Gasteiger partial charge < -0.3 is 15.5 Å². The minimum atomic E-state index is -0.950. The fourth-order valence-corrected chi connectivity index (χ4v) is 5.14. The Balaban J connectivity index is 1.39. The summed E-state index contributed by atoms with van der Waals surface area (Å²) in [6.45, 7) is 6.09. The topological polar surface area (TPSA) is 120 Å². The molecular weight excluding hydrogens is 444 g/mol. The van der Waals surface area contributed by atoms with Gasteiger partial charge in [0.2, 0.25) is 11.8 Å². The number of benzene rings is 1. The van der Waals surface area contributed by atoms with Crippen LogP contribution in [0.3, 0.4) is 0 Å². The zero-order valence-electron chi connectivity index (χ0n) is 20.2. The molecule has 3 amide bonds. The van der Waals surface area contributed by atoms with E-state index < -0.39 is 17.5 Å². The molecule has 182 valence electrons. The summed E-state index contributed by atoms with van der Waals surface area (Å²) in [6, 6.07) is 8.14. The minimum Gasteiger partial charge on any atom is -0.340 e. The van der Waals surface area contributed by atoms with E-state index in [1.165, 1.54) is 11.1 Å². The van der Waals surface area contributed by atoms with Crippen molar-refractivity contribution in [2.24, 2.45) is 5.92 Å². The lowest BCUT2D eigenvalue weighted by Gasteiger charge is -2.27. The number of anilines is 1. The zero-order chi connectivity index (χ0) is 25.0. The highest BCUT2D eigenvalue weighted by Gasteiger charge is 2.56. The summed E-state index contributed by atoms with van der Waals surface area (Å²) >= 11 is 0. The standard InChI is InChI=1S/C26H30N6O3/c1-25(2,3)32-14-17(13-28-32)22(33)29-21(10-16-8-9-16)23(34)31-15-26(11-18(31)12-27)19-6-4-5-7-20(19)30-24(26)35/h4-7,13-14,16,18,21H,8-11,15H2,1-3H3,(H,29,33)(H,30,35)/t18-,21-,26-/m0/s1. The Hall–Kier alpha value is -3.67. The summed E-state index contributed by atoms with van der Waals surface area (Å²) in [4.78, 5) is 41.4. The third-order valence-corrected chi connectivity index (χ3v) is 7.32. The fourth-order valence-electron chi connectivity index (χ4n) is 5.14. The van der Waals surface area contributed by atoms with E-state index in [9.17, 15) is 19.6 Å². The molecule has 35 heavy (non-hydrogen) atoms. The van der Waals surface area contributed by atoms with Crippen molar-refractivity contribution in [2.45, 2.75) is 69.5 Å². The molecule has 2 aliphatic heterocycles. The lowest BCUT2D eigenvalue weighted by atomic mass is 9.80. The molecular formula is C26H30N6O3. The predicted molar refractivity (Wildman–Crippen MR) is 128 cm³/mol.